The zero-order valence-corrected chi connectivity index (χ0v) is 19.2. The smallest absolute Gasteiger partial charge is 0.213 e. The van der Waals surface area contributed by atoms with E-state index in [1.165, 1.54) is 0 Å². The zero-order valence-electron chi connectivity index (χ0n) is 18.5. The first-order valence-electron chi connectivity index (χ1n) is 11.4. The molecule has 2 aliphatic heterocycles. The maximum Gasteiger partial charge on any atom is 0.213 e. The molecular formula is C29H23ClN2O2. The number of hydrogen-bond donors (Lipinski definition) is 0. The van der Waals surface area contributed by atoms with Crippen LogP contribution in [-0.4, -0.2) is 10.7 Å². The van der Waals surface area contributed by atoms with E-state index in [0.29, 0.717) is 6.61 Å². The lowest BCUT2D eigenvalue weighted by molar-refractivity contribution is -0.0190. The van der Waals surface area contributed by atoms with Gasteiger partial charge in [-0.2, -0.15) is 5.10 Å². The maximum atomic E-state index is 6.46. The molecule has 4 aromatic carbocycles. The van der Waals surface area contributed by atoms with Gasteiger partial charge in [-0.1, -0.05) is 72.3 Å². The van der Waals surface area contributed by atoms with Gasteiger partial charge in [0.1, 0.15) is 18.1 Å². The molecule has 6 rings (SSSR count). The highest BCUT2D eigenvalue weighted by Crippen LogP contribution is 2.47. The van der Waals surface area contributed by atoms with Crippen molar-refractivity contribution in [3.8, 4) is 11.5 Å². The summed E-state index contributed by atoms with van der Waals surface area (Å²) in [6.07, 6.45) is 0.504. The predicted molar refractivity (Wildman–Crippen MR) is 134 cm³/mol. The van der Waals surface area contributed by atoms with Crippen LogP contribution in [0.2, 0.25) is 5.02 Å². The minimum absolute atomic E-state index is 0.120. The van der Waals surface area contributed by atoms with Gasteiger partial charge in [-0.25, -0.2) is 5.01 Å². The summed E-state index contributed by atoms with van der Waals surface area (Å²) in [4.78, 5) is 0. The van der Waals surface area contributed by atoms with Crippen molar-refractivity contribution < 1.29 is 9.47 Å². The van der Waals surface area contributed by atoms with Crippen molar-refractivity contribution in [2.75, 3.05) is 0 Å². The summed E-state index contributed by atoms with van der Waals surface area (Å²) in [5, 5.41) is 7.83. The van der Waals surface area contributed by atoms with Crippen molar-refractivity contribution in [3.05, 3.63) is 130 Å². The molecule has 0 fully saturated rings. The number of rotatable bonds is 5. The van der Waals surface area contributed by atoms with Crippen LogP contribution >= 0.6 is 11.6 Å². The summed E-state index contributed by atoms with van der Waals surface area (Å²) < 4.78 is 12.4. The SMILES string of the molecule is Clc1ccc(C2=NN3[C@H](C2)c2ccccc2O[C@@H]3c2ccc(OCc3ccccc3)cc2)cc1. The van der Waals surface area contributed by atoms with E-state index in [2.05, 4.69) is 41.4 Å². The Kier molecular flexibility index (Phi) is 5.44. The van der Waals surface area contributed by atoms with Gasteiger partial charge in [-0.3, -0.25) is 0 Å². The zero-order chi connectivity index (χ0) is 22.9. The van der Waals surface area contributed by atoms with Gasteiger partial charge in [0.05, 0.1) is 11.8 Å². The number of halogens is 1. The number of hydrogen-bond acceptors (Lipinski definition) is 4. The molecule has 0 spiro atoms. The van der Waals surface area contributed by atoms with E-state index in [1.54, 1.807) is 0 Å². The van der Waals surface area contributed by atoms with Crippen molar-refractivity contribution >= 4 is 17.3 Å². The third-order valence-electron chi connectivity index (χ3n) is 6.29. The normalized spacial score (nSPS) is 18.5. The van der Waals surface area contributed by atoms with Crippen LogP contribution in [0, 0.1) is 0 Å². The van der Waals surface area contributed by atoms with E-state index >= 15 is 0 Å². The fraction of sp³-hybridized carbons (Fsp3) is 0.138. The van der Waals surface area contributed by atoms with Crippen LogP contribution in [0.15, 0.2) is 108 Å². The fourth-order valence-corrected chi connectivity index (χ4v) is 4.67. The van der Waals surface area contributed by atoms with Crippen molar-refractivity contribution in [2.45, 2.75) is 25.3 Å². The molecule has 2 aliphatic rings. The second kappa shape index (κ2) is 8.88. The highest BCUT2D eigenvalue weighted by Gasteiger charge is 2.40. The Morgan fingerprint density at radius 1 is 0.853 bits per heavy atom. The molecule has 0 radical (unpaired) electrons. The van der Waals surface area contributed by atoms with Gasteiger partial charge in [0.15, 0.2) is 0 Å². The van der Waals surface area contributed by atoms with Gasteiger partial charge in [-0.05, 0) is 53.6 Å². The summed E-state index contributed by atoms with van der Waals surface area (Å²) in [6.45, 7) is 0.538. The molecule has 168 valence electrons. The molecule has 5 heteroatoms. The number of hydrazone groups is 1. The van der Waals surface area contributed by atoms with Crippen LogP contribution in [0.3, 0.4) is 0 Å². The minimum atomic E-state index is -0.312. The summed E-state index contributed by atoms with van der Waals surface area (Å²) in [5.74, 6) is 1.73. The molecule has 4 aromatic rings. The van der Waals surface area contributed by atoms with Crippen molar-refractivity contribution in [3.63, 3.8) is 0 Å². The molecule has 0 aromatic heterocycles. The molecule has 4 nitrogen and oxygen atoms in total. The second-order valence-electron chi connectivity index (χ2n) is 8.50. The molecule has 0 unspecified atom stereocenters. The lowest BCUT2D eigenvalue weighted by Gasteiger charge is -2.38. The monoisotopic (exact) mass is 466 g/mol. The topological polar surface area (TPSA) is 34.1 Å². The molecule has 34 heavy (non-hydrogen) atoms. The lowest BCUT2D eigenvalue weighted by atomic mass is 9.96. The van der Waals surface area contributed by atoms with Crippen LogP contribution in [0.1, 0.15) is 40.9 Å². The number of nitrogens with zero attached hydrogens (tertiary/aromatic N) is 2. The average molecular weight is 467 g/mol. The number of fused-ring (bicyclic) bond motifs is 3. The maximum absolute atomic E-state index is 6.46. The first-order chi connectivity index (χ1) is 16.7. The van der Waals surface area contributed by atoms with Gasteiger partial charge >= 0.3 is 0 Å². The molecule has 0 saturated carbocycles. The summed E-state index contributed by atoms with van der Waals surface area (Å²) in [7, 11) is 0. The van der Waals surface area contributed by atoms with Gasteiger partial charge in [-0.15, -0.1) is 0 Å². The Balaban J connectivity index is 1.28. The third kappa shape index (κ3) is 4.02. The van der Waals surface area contributed by atoms with E-state index in [4.69, 9.17) is 26.2 Å². The Morgan fingerprint density at radius 2 is 1.59 bits per heavy atom. The molecule has 2 heterocycles. The fourth-order valence-electron chi connectivity index (χ4n) is 4.54. The van der Waals surface area contributed by atoms with Crippen molar-refractivity contribution in [2.24, 2.45) is 5.10 Å². The van der Waals surface area contributed by atoms with E-state index in [0.717, 1.165) is 50.9 Å². The standard InChI is InChI=1S/C29H23ClN2O2/c30-23-14-10-21(11-15-23)26-18-27-25-8-4-5-9-28(25)34-29(32(27)31-26)22-12-16-24(17-13-22)33-19-20-6-2-1-3-7-20/h1-17,27,29H,18-19H2/t27-,29-/m1/s1. The molecule has 0 bridgehead atoms. The number of para-hydroxylation sites is 1. The minimum Gasteiger partial charge on any atom is -0.489 e. The Morgan fingerprint density at radius 3 is 2.38 bits per heavy atom. The summed E-state index contributed by atoms with van der Waals surface area (Å²) in [5.41, 5.74) is 5.46. The van der Waals surface area contributed by atoms with Crippen LogP contribution in [0.5, 0.6) is 11.5 Å². The number of ether oxygens (including phenoxy) is 2. The van der Waals surface area contributed by atoms with Gasteiger partial charge in [0.2, 0.25) is 6.23 Å². The van der Waals surface area contributed by atoms with Crippen molar-refractivity contribution in [1.82, 2.24) is 5.01 Å². The predicted octanol–water partition coefficient (Wildman–Crippen LogP) is 7.16. The molecule has 0 amide bonds. The molecule has 0 saturated heterocycles. The number of benzene rings is 4. The van der Waals surface area contributed by atoms with Crippen LogP contribution in [0.4, 0.5) is 0 Å². The highest BCUT2D eigenvalue weighted by atomic mass is 35.5. The van der Waals surface area contributed by atoms with E-state index in [9.17, 15) is 0 Å². The quantitative estimate of drug-likeness (QED) is 0.313. The Bertz CT molecular complexity index is 1320. The van der Waals surface area contributed by atoms with Crippen LogP contribution in [-0.2, 0) is 6.61 Å². The molecule has 0 aliphatic carbocycles. The first kappa shape index (κ1) is 20.8. The van der Waals surface area contributed by atoms with Crippen molar-refractivity contribution in [1.29, 1.82) is 0 Å². The largest absolute Gasteiger partial charge is 0.489 e. The van der Waals surface area contributed by atoms with Gasteiger partial charge < -0.3 is 9.47 Å². The summed E-state index contributed by atoms with van der Waals surface area (Å²) >= 11 is 6.10. The van der Waals surface area contributed by atoms with Crippen LogP contribution < -0.4 is 9.47 Å². The van der Waals surface area contributed by atoms with Gasteiger partial charge in [0, 0.05) is 22.6 Å². The molecular weight excluding hydrogens is 444 g/mol. The first-order valence-corrected chi connectivity index (χ1v) is 11.8. The Hall–Kier alpha value is -3.76. The highest BCUT2D eigenvalue weighted by molar-refractivity contribution is 6.30. The average Bonchev–Trinajstić information content (AvgIpc) is 3.34. The van der Waals surface area contributed by atoms with Gasteiger partial charge in [0.25, 0.3) is 0 Å². The molecule has 2 atom stereocenters. The van der Waals surface area contributed by atoms with Crippen LogP contribution in [0.25, 0.3) is 0 Å². The molecule has 0 N–H and O–H groups in total. The summed E-state index contributed by atoms with van der Waals surface area (Å²) in [6, 6.07) is 34.5. The Labute approximate surface area is 204 Å². The van der Waals surface area contributed by atoms with E-state index < -0.39 is 0 Å². The second-order valence-corrected chi connectivity index (χ2v) is 8.94. The lowest BCUT2D eigenvalue weighted by Crippen LogP contribution is -2.33. The third-order valence-corrected chi connectivity index (χ3v) is 6.54. The van der Waals surface area contributed by atoms with E-state index in [1.807, 2.05) is 66.7 Å². The van der Waals surface area contributed by atoms with E-state index in [-0.39, 0.29) is 12.3 Å².